The summed E-state index contributed by atoms with van der Waals surface area (Å²) in [5, 5.41) is 6.60. The zero-order chi connectivity index (χ0) is 28.1. The lowest BCUT2D eigenvalue weighted by atomic mass is 9.74. The summed E-state index contributed by atoms with van der Waals surface area (Å²) in [4.78, 5) is 43.5. The standard InChI is InChI=1S/C31H32ClN3O6/c32-18-7-6-10-20(15-18)34-28(36)25-24-13-14-31(41-24)26(25)30(38)35(27(31)29(37)33-19-8-2-1-3-9-19)16-21-17-39-22-11-4-5-12-23(22)40-21/h4-7,10-15,19,21,24-27H,1-3,8-9,16-17H2,(H,33,37)(H,34,36). The molecule has 1 saturated carbocycles. The number of amides is 3. The molecule has 214 valence electrons. The van der Waals surface area contributed by atoms with Crippen molar-refractivity contribution < 1.29 is 28.6 Å². The van der Waals surface area contributed by atoms with E-state index in [4.69, 9.17) is 25.8 Å². The predicted octanol–water partition coefficient (Wildman–Crippen LogP) is 3.72. The van der Waals surface area contributed by atoms with Gasteiger partial charge in [0.05, 0.1) is 24.5 Å². The Hall–Kier alpha value is -3.56. The molecule has 4 heterocycles. The molecule has 6 atom stereocenters. The highest BCUT2D eigenvalue weighted by atomic mass is 35.5. The average Bonchev–Trinajstić information content (AvgIpc) is 3.61. The fourth-order valence-corrected chi connectivity index (χ4v) is 7.35. The molecule has 7 rings (SSSR count). The molecular weight excluding hydrogens is 546 g/mol. The molecular formula is C31H32ClN3O6. The lowest BCUT2D eigenvalue weighted by molar-refractivity contribution is -0.143. The number of rotatable bonds is 6. The van der Waals surface area contributed by atoms with Crippen LogP contribution in [0.3, 0.4) is 0 Å². The maximum Gasteiger partial charge on any atom is 0.246 e. The van der Waals surface area contributed by atoms with Crippen molar-refractivity contribution in [2.75, 3.05) is 18.5 Å². The van der Waals surface area contributed by atoms with Gasteiger partial charge < -0.3 is 29.7 Å². The summed E-state index contributed by atoms with van der Waals surface area (Å²) < 4.78 is 18.5. The number of ether oxygens (including phenoxy) is 3. The summed E-state index contributed by atoms with van der Waals surface area (Å²) in [6.45, 7) is 0.353. The number of fused-ring (bicyclic) bond motifs is 2. The van der Waals surface area contributed by atoms with Crippen molar-refractivity contribution in [3.63, 3.8) is 0 Å². The summed E-state index contributed by atoms with van der Waals surface area (Å²) in [5.41, 5.74) is -0.715. The first kappa shape index (κ1) is 26.3. The molecule has 2 N–H and O–H groups in total. The second kappa shape index (κ2) is 10.4. The van der Waals surface area contributed by atoms with Crippen molar-refractivity contribution >= 4 is 35.0 Å². The van der Waals surface area contributed by atoms with Crippen molar-refractivity contribution in [1.29, 1.82) is 0 Å². The first-order chi connectivity index (χ1) is 19.9. The van der Waals surface area contributed by atoms with E-state index < -0.39 is 35.7 Å². The number of likely N-dealkylation sites (tertiary alicyclic amines) is 1. The van der Waals surface area contributed by atoms with E-state index in [1.54, 1.807) is 29.2 Å². The highest BCUT2D eigenvalue weighted by Crippen LogP contribution is 2.55. The Kier molecular flexibility index (Phi) is 6.66. The van der Waals surface area contributed by atoms with Gasteiger partial charge in [0.15, 0.2) is 17.6 Å². The van der Waals surface area contributed by atoms with Crippen molar-refractivity contribution in [2.24, 2.45) is 11.8 Å². The summed E-state index contributed by atoms with van der Waals surface area (Å²) in [5.74, 6) is -1.32. The first-order valence-corrected chi connectivity index (χ1v) is 14.7. The largest absolute Gasteiger partial charge is 0.486 e. The molecule has 9 nitrogen and oxygen atoms in total. The summed E-state index contributed by atoms with van der Waals surface area (Å²) in [7, 11) is 0. The second-order valence-corrected chi connectivity index (χ2v) is 12.0. The minimum absolute atomic E-state index is 0.0503. The molecule has 6 unspecified atom stereocenters. The van der Waals surface area contributed by atoms with Crippen LogP contribution in [-0.2, 0) is 19.1 Å². The maximum absolute atomic E-state index is 14.3. The van der Waals surface area contributed by atoms with Crippen molar-refractivity contribution in [1.82, 2.24) is 10.2 Å². The SMILES string of the molecule is O=C(Nc1cccc(Cl)c1)C1C2C=CC3(O2)C1C(=O)N(CC1COc2ccccc2O1)C3C(=O)NC1CCCCC1. The topological polar surface area (TPSA) is 106 Å². The van der Waals surface area contributed by atoms with Gasteiger partial charge >= 0.3 is 0 Å². The fourth-order valence-electron chi connectivity index (χ4n) is 7.16. The predicted molar refractivity (Wildman–Crippen MR) is 151 cm³/mol. The number of nitrogens with one attached hydrogen (secondary N) is 2. The molecule has 2 aromatic rings. The van der Waals surface area contributed by atoms with E-state index >= 15 is 0 Å². The maximum atomic E-state index is 14.3. The molecule has 1 spiro atoms. The van der Waals surface area contributed by atoms with Crippen LogP contribution in [0.2, 0.25) is 5.02 Å². The molecule has 0 aromatic heterocycles. The van der Waals surface area contributed by atoms with Crippen LogP contribution in [0.25, 0.3) is 0 Å². The van der Waals surface area contributed by atoms with Crippen molar-refractivity contribution in [2.45, 2.75) is 62.0 Å². The summed E-state index contributed by atoms with van der Waals surface area (Å²) in [6.07, 6.45) is 7.61. The van der Waals surface area contributed by atoms with Gasteiger partial charge in [-0.2, -0.15) is 0 Å². The molecule has 10 heteroatoms. The van der Waals surface area contributed by atoms with E-state index in [0.717, 1.165) is 32.1 Å². The highest BCUT2D eigenvalue weighted by Gasteiger charge is 2.73. The van der Waals surface area contributed by atoms with Gasteiger partial charge in [0.1, 0.15) is 18.2 Å². The Labute approximate surface area is 243 Å². The first-order valence-electron chi connectivity index (χ1n) is 14.4. The number of anilines is 1. The van der Waals surface area contributed by atoms with Crippen LogP contribution in [0, 0.1) is 11.8 Å². The van der Waals surface area contributed by atoms with Gasteiger partial charge in [0.2, 0.25) is 17.7 Å². The number of carbonyl (C=O) groups is 3. The molecule has 2 saturated heterocycles. The zero-order valence-electron chi connectivity index (χ0n) is 22.5. The van der Waals surface area contributed by atoms with Gasteiger partial charge in [-0.3, -0.25) is 14.4 Å². The van der Waals surface area contributed by atoms with E-state index in [0.29, 0.717) is 22.2 Å². The fraction of sp³-hybridized carbons (Fsp3) is 0.452. The molecule has 2 aromatic carbocycles. The van der Waals surface area contributed by atoms with Gasteiger partial charge in [-0.05, 0) is 43.2 Å². The number of para-hydroxylation sites is 2. The van der Waals surface area contributed by atoms with E-state index in [1.807, 2.05) is 36.4 Å². The van der Waals surface area contributed by atoms with Crippen LogP contribution in [0.1, 0.15) is 32.1 Å². The van der Waals surface area contributed by atoms with Crippen LogP contribution >= 0.6 is 11.6 Å². The van der Waals surface area contributed by atoms with E-state index in [2.05, 4.69) is 10.6 Å². The van der Waals surface area contributed by atoms with E-state index in [-0.39, 0.29) is 36.9 Å². The zero-order valence-corrected chi connectivity index (χ0v) is 23.2. The van der Waals surface area contributed by atoms with Gasteiger partial charge in [0, 0.05) is 16.8 Å². The van der Waals surface area contributed by atoms with E-state index in [1.165, 1.54) is 0 Å². The highest BCUT2D eigenvalue weighted by molar-refractivity contribution is 6.30. The number of nitrogens with zero attached hydrogens (tertiary/aromatic N) is 1. The number of carbonyl (C=O) groups excluding carboxylic acids is 3. The summed E-state index contributed by atoms with van der Waals surface area (Å²) in [6, 6.07) is 13.3. The molecule has 3 fully saturated rings. The Morgan fingerprint density at radius 3 is 2.63 bits per heavy atom. The van der Waals surface area contributed by atoms with Crippen LogP contribution in [0.5, 0.6) is 11.5 Å². The van der Waals surface area contributed by atoms with E-state index in [9.17, 15) is 14.4 Å². The number of hydrogen-bond acceptors (Lipinski definition) is 6. The monoisotopic (exact) mass is 577 g/mol. The van der Waals surface area contributed by atoms with Gasteiger partial charge in [-0.15, -0.1) is 0 Å². The second-order valence-electron chi connectivity index (χ2n) is 11.5. The summed E-state index contributed by atoms with van der Waals surface area (Å²) >= 11 is 6.13. The van der Waals surface area contributed by atoms with Gasteiger partial charge in [-0.1, -0.05) is 61.2 Å². The molecule has 2 bridgehead atoms. The Morgan fingerprint density at radius 2 is 1.83 bits per heavy atom. The smallest absolute Gasteiger partial charge is 0.246 e. The lowest BCUT2D eigenvalue weighted by Gasteiger charge is -2.36. The third-order valence-electron chi connectivity index (χ3n) is 8.94. The third kappa shape index (κ3) is 4.55. The van der Waals surface area contributed by atoms with Crippen molar-refractivity contribution in [3.8, 4) is 11.5 Å². The van der Waals surface area contributed by atoms with Crippen molar-refractivity contribution in [3.05, 3.63) is 65.7 Å². The van der Waals surface area contributed by atoms with Crippen LogP contribution in [0.4, 0.5) is 5.69 Å². The third-order valence-corrected chi connectivity index (χ3v) is 9.17. The Morgan fingerprint density at radius 1 is 1.02 bits per heavy atom. The molecule has 4 aliphatic heterocycles. The molecule has 41 heavy (non-hydrogen) atoms. The molecule has 3 amide bonds. The number of halogens is 1. The molecule has 1 aliphatic carbocycles. The lowest BCUT2D eigenvalue weighted by Crippen LogP contribution is -2.58. The minimum atomic E-state index is -1.25. The number of benzene rings is 2. The molecule has 0 radical (unpaired) electrons. The minimum Gasteiger partial charge on any atom is -0.486 e. The average molecular weight is 578 g/mol. The Bertz CT molecular complexity index is 1410. The number of hydrogen-bond donors (Lipinski definition) is 2. The van der Waals surface area contributed by atoms with Crippen LogP contribution in [-0.4, -0.2) is 65.7 Å². The Balaban J connectivity index is 1.19. The molecule has 5 aliphatic rings. The van der Waals surface area contributed by atoms with Gasteiger partial charge in [0.25, 0.3) is 0 Å². The quantitative estimate of drug-likeness (QED) is 0.507. The van der Waals surface area contributed by atoms with Crippen LogP contribution in [0.15, 0.2) is 60.7 Å². The normalized spacial score (nSPS) is 31.7. The van der Waals surface area contributed by atoms with Crippen LogP contribution < -0.4 is 20.1 Å². The van der Waals surface area contributed by atoms with Gasteiger partial charge in [-0.25, -0.2) is 0 Å².